The van der Waals surface area contributed by atoms with Crippen LogP contribution < -0.4 is 5.32 Å². The first-order valence-corrected chi connectivity index (χ1v) is 4.76. The highest BCUT2D eigenvalue weighted by atomic mass is 19.4. The van der Waals surface area contributed by atoms with Gasteiger partial charge in [-0.1, -0.05) is 6.08 Å². The third-order valence-corrected chi connectivity index (χ3v) is 2.02. The van der Waals surface area contributed by atoms with Crippen molar-refractivity contribution < 1.29 is 13.2 Å². The first-order chi connectivity index (χ1) is 7.88. The van der Waals surface area contributed by atoms with Crippen LogP contribution in [0.5, 0.6) is 0 Å². The van der Waals surface area contributed by atoms with Crippen molar-refractivity contribution in [3.05, 3.63) is 36.0 Å². The van der Waals surface area contributed by atoms with Gasteiger partial charge in [0.05, 0.1) is 5.56 Å². The number of nitrogens with one attached hydrogen (secondary N) is 1. The highest BCUT2D eigenvalue weighted by Crippen LogP contribution is 2.29. The predicted molar refractivity (Wildman–Crippen MR) is 57.2 cm³/mol. The second-order valence-electron chi connectivity index (χ2n) is 3.37. The number of hydrogen-bond acceptors (Lipinski definition) is 3. The van der Waals surface area contributed by atoms with Crippen LogP contribution in [0, 0.1) is 11.3 Å². The van der Waals surface area contributed by atoms with Crippen LogP contribution in [0.3, 0.4) is 0 Å². The molecule has 0 aliphatic heterocycles. The van der Waals surface area contributed by atoms with E-state index in [-0.39, 0.29) is 17.4 Å². The molecule has 1 unspecified atom stereocenters. The summed E-state index contributed by atoms with van der Waals surface area (Å²) in [6.07, 6.45) is -3.02. The maximum atomic E-state index is 12.4. The molecule has 90 valence electrons. The Morgan fingerprint density at radius 3 is 2.65 bits per heavy atom. The van der Waals surface area contributed by atoms with Crippen molar-refractivity contribution in [3.8, 4) is 6.07 Å². The summed E-state index contributed by atoms with van der Waals surface area (Å²) in [5, 5.41) is 11.4. The lowest BCUT2D eigenvalue weighted by molar-refractivity contribution is -0.141. The number of nitrogens with zero attached hydrogens (tertiary/aromatic N) is 2. The van der Waals surface area contributed by atoms with E-state index in [1.54, 1.807) is 13.0 Å². The van der Waals surface area contributed by atoms with Gasteiger partial charge in [0, 0.05) is 6.04 Å². The van der Waals surface area contributed by atoms with Crippen molar-refractivity contribution in [1.29, 1.82) is 5.26 Å². The lowest BCUT2D eigenvalue weighted by Gasteiger charge is -2.13. The molecule has 3 nitrogen and oxygen atoms in total. The normalized spacial score (nSPS) is 12.6. The van der Waals surface area contributed by atoms with Gasteiger partial charge in [-0.3, -0.25) is 0 Å². The average Bonchev–Trinajstić information content (AvgIpc) is 2.27. The van der Waals surface area contributed by atoms with E-state index >= 15 is 0 Å². The van der Waals surface area contributed by atoms with Crippen LogP contribution in [-0.4, -0.2) is 11.0 Å². The summed E-state index contributed by atoms with van der Waals surface area (Å²) >= 11 is 0. The van der Waals surface area contributed by atoms with Gasteiger partial charge in [-0.05, 0) is 19.1 Å². The zero-order valence-corrected chi connectivity index (χ0v) is 9.04. The molecule has 0 radical (unpaired) electrons. The van der Waals surface area contributed by atoms with Gasteiger partial charge in [0.15, 0.2) is 0 Å². The summed E-state index contributed by atoms with van der Waals surface area (Å²) < 4.78 is 37.3. The fraction of sp³-hybridized carbons (Fsp3) is 0.273. The number of halogens is 3. The smallest absolute Gasteiger partial charge is 0.363 e. The molecule has 1 N–H and O–H groups in total. The molecule has 1 atom stereocenters. The van der Waals surface area contributed by atoms with E-state index in [0.29, 0.717) is 0 Å². The fourth-order valence-electron chi connectivity index (χ4n) is 1.09. The molecular formula is C11H10F3N3. The minimum absolute atomic E-state index is 0.0618. The number of pyridine rings is 1. The molecule has 0 bridgehead atoms. The molecule has 17 heavy (non-hydrogen) atoms. The molecule has 0 saturated carbocycles. The molecule has 0 aliphatic rings. The van der Waals surface area contributed by atoms with Crippen LogP contribution in [0.1, 0.15) is 18.2 Å². The quantitative estimate of drug-likeness (QED) is 0.827. The highest BCUT2D eigenvalue weighted by Gasteiger charge is 2.33. The molecular weight excluding hydrogens is 231 g/mol. The lowest BCUT2D eigenvalue weighted by Crippen LogP contribution is -2.16. The third-order valence-electron chi connectivity index (χ3n) is 2.02. The number of aromatic nitrogens is 1. The fourth-order valence-corrected chi connectivity index (χ4v) is 1.09. The van der Waals surface area contributed by atoms with Crippen LogP contribution in [0.15, 0.2) is 24.8 Å². The Balaban J connectivity index is 3.16. The summed E-state index contributed by atoms with van der Waals surface area (Å²) in [5.74, 6) is -0.0882. The summed E-state index contributed by atoms with van der Waals surface area (Å²) in [6.45, 7) is 5.18. The van der Waals surface area contributed by atoms with Gasteiger partial charge in [-0.2, -0.15) is 18.4 Å². The van der Waals surface area contributed by atoms with E-state index in [1.165, 1.54) is 6.08 Å². The van der Waals surface area contributed by atoms with Gasteiger partial charge in [0.2, 0.25) is 0 Å². The minimum Gasteiger partial charge on any atom is -0.363 e. The molecule has 6 heteroatoms. The van der Waals surface area contributed by atoms with Gasteiger partial charge in [-0.25, -0.2) is 4.98 Å². The first kappa shape index (κ1) is 13.0. The van der Waals surface area contributed by atoms with Crippen molar-refractivity contribution in [2.24, 2.45) is 0 Å². The standard InChI is InChI=1S/C11H10F3N3/c1-3-7(2)16-10-8(6-15)4-5-9(17-10)11(12,13)14/h3-5,7H,1H2,2H3,(H,16,17). The van der Waals surface area contributed by atoms with Gasteiger partial charge < -0.3 is 5.32 Å². The van der Waals surface area contributed by atoms with Gasteiger partial charge in [0.25, 0.3) is 0 Å². The molecule has 0 fully saturated rings. The van der Waals surface area contributed by atoms with Crippen LogP contribution in [0.4, 0.5) is 19.0 Å². The second kappa shape index (κ2) is 4.87. The monoisotopic (exact) mass is 241 g/mol. The van der Waals surface area contributed by atoms with Crippen molar-refractivity contribution in [2.75, 3.05) is 5.32 Å². The maximum Gasteiger partial charge on any atom is 0.433 e. The molecule has 0 aromatic carbocycles. The molecule has 0 spiro atoms. The Bertz CT molecular complexity index is 460. The zero-order chi connectivity index (χ0) is 13.1. The number of alkyl halides is 3. The molecule has 0 saturated heterocycles. The summed E-state index contributed by atoms with van der Waals surface area (Å²) in [6, 6.07) is 3.37. The summed E-state index contributed by atoms with van der Waals surface area (Å²) in [7, 11) is 0. The van der Waals surface area contributed by atoms with E-state index in [1.807, 2.05) is 0 Å². The van der Waals surface area contributed by atoms with E-state index in [2.05, 4.69) is 16.9 Å². The van der Waals surface area contributed by atoms with Crippen molar-refractivity contribution in [2.45, 2.75) is 19.1 Å². The molecule has 1 rings (SSSR count). The largest absolute Gasteiger partial charge is 0.433 e. The maximum absolute atomic E-state index is 12.4. The van der Waals surface area contributed by atoms with Gasteiger partial charge >= 0.3 is 6.18 Å². The van der Waals surface area contributed by atoms with E-state index in [9.17, 15) is 13.2 Å². The Labute approximate surface area is 96.6 Å². The SMILES string of the molecule is C=CC(C)Nc1nc(C(F)(F)F)ccc1C#N. The Hall–Kier alpha value is -2.03. The molecule has 1 heterocycles. The number of nitriles is 1. The third kappa shape index (κ3) is 3.21. The number of anilines is 1. The second-order valence-corrected chi connectivity index (χ2v) is 3.37. The van der Waals surface area contributed by atoms with Crippen molar-refractivity contribution >= 4 is 5.82 Å². The molecule has 0 aliphatic carbocycles. The van der Waals surface area contributed by atoms with Crippen LogP contribution in [0.2, 0.25) is 0 Å². The van der Waals surface area contributed by atoms with Crippen molar-refractivity contribution in [3.63, 3.8) is 0 Å². The average molecular weight is 241 g/mol. The van der Waals surface area contributed by atoms with Crippen molar-refractivity contribution in [1.82, 2.24) is 4.98 Å². The zero-order valence-electron chi connectivity index (χ0n) is 9.04. The molecule has 1 aromatic heterocycles. The summed E-state index contributed by atoms with van der Waals surface area (Å²) in [4.78, 5) is 3.40. The number of rotatable bonds is 3. The Kier molecular flexibility index (Phi) is 3.73. The van der Waals surface area contributed by atoms with E-state index in [0.717, 1.165) is 12.1 Å². The van der Waals surface area contributed by atoms with Crippen LogP contribution in [-0.2, 0) is 6.18 Å². The number of hydrogen-bond donors (Lipinski definition) is 1. The first-order valence-electron chi connectivity index (χ1n) is 4.76. The molecule has 0 amide bonds. The Morgan fingerprint density at radius 2 is 2.18 bits per heavy atom. The molecule has 1 aromatic rings. The van der Waals surface area contributed by atoms with Gasteiger partial charge in [0.1, 0.15) is 17.6 Å². The van der Waals surface area contributed by atoms with Crippen LogP contribution in [0.25, 0.3) is 0 Å². The lowest BCUT2D eigenvalue weighted by atomic mass is 10.2. The topological polar surface area (TPSA) is 48.7 Å². The van der Waals surface area contributed by atoms with E-state index in [4.69, 9.17) is 5.26 Å². The van der Waals surface area contributed by atoms with Crippen LogP contribution >= 0.6 is 0 Å². The highest BCUT2D eigenvalue weighted by molar-refractivity contribution is 5.53. The van der Waals surface area contributed by atoms with Gasteiger partial charge in [-0.15, -0.1) is 6.58 Å². The minimum atomic E-state index is -4.53. The predicted octanol–water partition coefficient (Wildman–Crippen LogP) is 2.96. The summed E-state index contributed by atoms with van der Waals surface area (Å²) in [5.41, 5.74) is -0.970. The Morgan fingerprint density at radius 1 is 1.53 bits per heavy atom. The van der Waals surface area contributed by atoms with E-state index < -0.39 is 11.9 Å².